The molecule has 0 saturated heterocycles. The lowest BCUT2D eigenvalue weighted by molar-refractivity contribution is 0.195. The van der Waals surface area contributed by atoms with Crippen molar-refractivity contribution < 1.29 is 9.26 Å². The Bertz CT molecular complexity index is 356. The third-order valence-electron chi connectivity index (χ3n) is 2.02. The summed E-state index contributed by atoms with van der Waals surface area (Å²) >= 11 is 0. The molecule has 1 rings (SSSR count). The fraction of sp³-hybridized carbons (Fsp3) is 0.700. The first-order valence-corrected chi connectivity index (χ1v) is 5.49. The average Bonchev–Trinajstić information content (AvgIpc) is 2.74. The van der Waals surface area contributed by atoms with Crippen molar-refractivity contribution in [3.63, 3.8) is 0 Å². The van der Waals surface area contributed by atoms with E-state index in [4.69, 9.17) is 9.26 Å². The van der Waals surface area contributed by atoms with Crippen molar-refractivity contribution in [2.45, 2.75) is 19.9 Å². The van der Waals surface area contributed by atoms with Gasteiger partial charge in [0.05, 0.1) is 6.54 Å². The maximum Gasteiger partial charge on any atom is 0.246 e. The number of halogens is 1. The van der Waals surface area contributed by atoms with Crippen LogP contribution in [0, 0.1) is 6.92 Å². The number of hydrogen-bond acceptors (Lipinski definition) is 5. The minimum atomic E-state index is 0. The first kappa shape index (κ1) is 17.1. The molecule has 1 heterocycles. The van der Waals surface area contributed by atoms with Crippen LogP contribution in [0.25, 0.3) is 0 Å². The van der Waals surface area contributed by atoms with Crippen molar-refractivity contribution in [1.82, 2.24) is 20.8 Å². The van der Waals surface area contributed by atoms with Crippen LogP contribution >= 0.6 is 24.0 Å². The van der Waals surface area contributed by atoms with Crippen molar-refractivity contribution >= 4 is 29.9 Å². The van der Waals surface area contributed by atoms with E-state index in [2.05, 4.69) is 25.8 Å². The van der Waals surface area contributed by atoms with Crippen molar-refractivity contribution in [3.8, 4) is 0 Å². The van der Waals surface area contributed by atoms with E-state index in [1.165, 1.54) is 0 Å². The molecular formula is C10H20IN5O2. The van der Waals surface area contributed by atoms with E-state index in [0.29, 0.717) is 24.2 Å². The summed E-state index contributed by atoms with van der Waals surface area (Å²) in [7, 11) is 3.40. The molecule has 0 aliphatic heterocycles. The van der Waals surface area contributed by atoms with Crippen LogP contribution in [-0.2, 0) is 11.3 Å². The number of ether oxygens (including phenoxy) is 1. The van der Waals surface area contributed by atoms with Crippen molar-refractivity contribution in [2.24, 2.45) is 4.99 Å². The summed E-state index contributed by atoms with van der Waals surface area (Å²) in [4.78, 5) is 8.15. The van der Waals surface area contributed by atoms with Gasteiger partial charge in [-0.05, 0) is 13.3 Å². The van der Waals surface area contributed by atoms with Crippen LogP contribution in [0.4, 0.5) is 0 Å². The zero-order chi connectivity index (χ0) is 12.5. The third-order valence-corrected chi connectivity index (χ3v) is 2.02. The number of aromatic nitrogens is 2. The van der Waals surface area contributed by atoms with E-state index in [1.807, 2.05) is 0 Å². The fourth-order valence-corrected chi connectivity index (χ4v) is 1.22. The molecule has 0 atom stereocenters. The van der Waals surface area contributed by atoms with E-state index >= 15 is 0 Å². The summed E-state index contributed by atoms with van der Waals surface area (Å²) in [5.74, 6) is 1.88. The average molecular weight is 369 g/mol. The van der Waals surface area contributed by atoms with E-state index in [1.54, 1.807) is 21.1 Å². The summed E-state index contributed by atoms with van der Waals surface area (Å²) < 4.78 is 9.93. The molecule has 0 radical (unpaired) electrons. The normalized spacial score (nSPS) is 10.9. The summed E-state index contributed by atoms with van der Waals surface area (Å²) in [6.45, 7) is 3.78. The Labute approximate surface area is 124 Å². The van der Waals surface area contributed by atoms with Crippen LogP contribution in [0.3, 0.4) is 0 Å². The molecule has 0 aliphatic rings. The Hall–Kier alpha value is -0.900. The van der Waals surface area contributed by atoms with Gasteiger partial charge >= 0.3 is 0 Å². The van der Waals surface area contributed by atoms with Gasteiger partial charge in [0.15, 0.2) is 11.8 Å². The molecule has 0 bridgehead atoms. The minimum Gasteiger partial charge on any atom is -0.385 e. The second-order valence-corrected chi connectivity index (χ2v) is 3.43. The molecule has 0 unspecified atom stereocenters. The van der Waals surface area contributed by atoms with Gasteiger partial charge in [-0.15, -0.1) is 24.0 Å². The fourth-order valence-electron chi connectivity index (χ4n) is 1.22. The van der Waals surface area contributed by atoms with Crippen molar-refractivity contribution in [2.75, 3.05) is 27.3 Å². The highest BCUT2D eigenvalue weighted by molar-refractivity contribution is 14.0. The molecule has 7 nitrogen and oxygen atoms in total. The van der Waals surface area contributed by atoms with Crippen LogP contribution in [0.5, 0.6) is 0 Å². The van der Waals surface area contributed by atoms with Gasteiger partial charge in [0, 0.05) is 27.3 Å². The largest absolute Gasteiger partial charge is 0.385 e. The monoisotopic (exact) mass is 369 g/mol. The Morgan fingerprint density at radius 2 is 2.22 bits per heavy atom. The van der Waals surface area contributed by atoms with Gasteiger partial charge in [0.1, 0.15) is 0 Å². The Morgan fingerprint density at radius 3 is 2.78 bits per heavy atom. The third kappa shape index (κ3) is 6.74. The van der Waals surface area contributed by atoms with Crippen LogP contribution < -0.4 is 10.6 Å². The number of aliphatic imine (C=N–C) groups is 1. The number of aryl methyl sites for hydroxylation is 1. The quantitative estimate of drug-likeness (QED) is 0.332. The predicted molar refractivity (Wildman–Crippen MR) is 79.1 cm³/mol. The van der Waals surface area contributed by atoms with Gasteiger partial charge in [0.25, 0.3) is 0 Å². The molecule has 0 saturated carbocycles. The molecule has 0 spiro atoms. The van der Waals surface area contributed by atoms with Gasteiger partial charge in [-0.3, -0.25) is 4.99 Å². The van der Waals surface area contributed by atoms with Crippen molar-refractivity contribution in [1.29, 1.82) is 0 Å². The maximum atomic E-state index is 4.98. The zero-order valence-corrected chi connectivity index (χ0v) is 13.2. The van der Waals surface area contributed by atoms with E-state index in [9.17, 15) is 0 Å². The Kier molecular flexibility index (Phi) is 9.56. The van der Waals surface area contributed by atoms with Gasteiger partial charge in [-0.1, -0.05) is 5.16 Å². The lowest BCUT2D eigenvalue weighted by Crippen LogP contribution is -2.37. The highest BCUT2D eigenvalue weighted by Crippen LogP contribution is 1.94. The smallest absolute Gasteiger partial charge is 0.246 e. The molecule has 0 aliphatic carbocycles. The van der Waals surface area contributed by atoms with E-state index < -0.39 is 0 Å². The van der Waals surface area contributed by atoms with Gasteiger partial charge in [0.2, 0.25) is 5.89 Å². The molecule has 0 aromatic carbocycles. The molecule has 18 heavy (non-hydrogen) atoms. The molecule has 1 aromatic rings. The first-order chi connectivity index (χ1) is 8.26. The number of rotatable bonds is 6. The maximum absolute atomic E-state index is 4.98. The summed E-state index contributed by atoms with van der Waals surface area (Å²) in [6.07, 6.45) is 0.927. The van der Waals surface area contributed by atoms with Crippen LogP contribution in [-0.4, -0.2) is 43.4 Å². The zero-order valence-electron chi connectivity index (χ0n) is 10.9. The molecule has 1 aromatic heterocycles. The Morgan fingerprint density at radius 1 is 1.44 bits per heavy atom. The Balaban J connectivity index is 0.00000289. The SMILES string of the molecule is CN=C(NCCCOC)NCc1nc(C)no1.I. The van der Waals surface area contributed by atoms with E-state index in [-0.39, 0.29) is 24.0 Å². The number of nitrogens with one attached hydrogen (secondary N) is 2. The van der Waals surface area contributed by atoms with Crippen LogP contribution in [0.15, 0.2) is 9.52 Å². The number of methoxy groups -OCH3 is 1. The second kappa shape index (κ2) is 10.1. The standard InChI is InChI=1S/C10H19N5O2.HI/c1-8-14-9(17-15-8)7-13-10(11-2)12-5-4-6-16-3;/h4-7H2,1-3H3,(H2,11,12,13);1H. The second-order valence-electron chi connectivity index (χ2n) is 3.43. The van der Waals surface area contributed by atoms with Gasteiger partial charge in [-0.2, -0.15) is 4.98 Å². The molecular weight excluding hydrogens is 349 g/mol. The summed E-state index contributed by atoms with van der Waals surface area (Å²) in [6, 6.07) is 0. The number of nitrogens with zero attached hydrogens (tertiary/aromatic N) is 3. The lowest BCUT2D eigenvalue weighted by atomic mass is 10.4. The summed E-state index contributed by atoms with van der Waals surface area (Å²) in [5, 5.41) is 9.93. The molecule has 0 fully saturated rings. The topological polar surface area (TPSA) is 84.6 Å². The predicted octanol–water partition coefficient (Wildman–Crippen LogP) is 0.698. The molecule has 8 heteroatoms. The molecule has 0 amide bonds. The lowest BCUT2D eigenvalue weighted by Gasteiger charge is -2.09. The molecule has 104 valence electrons. The van der Waals surface area contributed by atoms with Gasteiger partial charge in [-0.25, -0.2) is 0 Å². The minimum absolute atomic E-state index is 0. The van der Waals surface area contributed by atoms with Gasteiger partial charge < -0.3 is 19.9 Å². The highest BCUT2D eigenvalue weighted by Gasteiger charge is 2.03. The summed E-state index contributed by atoms with van der Waals surface area (Å²) in [5.41, 5.74) is 0. The number of hydrogen-bond donors (Lipinski definition) is 2. The highest BCUT2D eigenvalue weighted by atomic mass is 127. The van der Waals surface area contributed by atoms with Crippen molar-refractivity contribution in [3.05, 3.63) is 11.7 Å². The first-order valence-electron chi connectivity index (χ1n) is 5.49. The van der Waals surface area contributed by atoms with E-state index in [0.717, 1.165) is 19.6 Å². The molecule has 2 N–H and O–H groups in total. The van der Waals surface area contributed by atoms with Crippen LogP contribution in [0.2, 0.25) is 0 Å². The van der Waals surface area contributed by atoms with Crippen LogP contribution in [0.1, 0.15) is 18.1 Å². The number of guanidine groups is 1.